The fourth-order valence-corrected chi connectivity index (χ4v) is 8.84. The highest BCUT2D eigenvalue weighted by atomic mass is 15.0. The van der Waals surface area contributed by atoms with Crippen molar-refractivity contribution in [1.29, 1.82) is 0 Å². The van der Waals surface area contributed by atoms with E-state index in [2.05, 4.69) is 128 Å². The number of aromatic nitrogens is 6. The fraction of sp³-hybridized carbons (Fsp3) is 0.0833. The van der Waals surface area contributed by atoms with Gasteiger partial charge in [0.1, 0.15) is 0 Å². The van der Waals surface area contributed by atoms with Crippen molar-refractivity contribution in [2.45, 2.75) is 25.7 Å². The second-order valence-corrected chi connectivity index (χ2v) is 14.5. The van der Waals surface area contributed by atoms with Crippen molar-refractivity contribution < 1.29 is 0 Å². The molecule has 10 aromatic rings. The van der Waals surface area contributed by atoms with E-state index in [1.54, 1.807) is 0 Å². The maximum Gasteiger partial charge on any atom is 0.0702 e. The van der Waals surface area contributed by atoms with Gasteiger partial charge in [0.15, 0.2) is 0 Å². The lowest BCUT2D eigenvalue weighted by molar-refractivity contribution is 0.617. The van der Waals surface area contributed by atoms with E-state index in [1.807, 2.05) is 73.6 Å². The minimum absolute atomic E-state index is 0.306. The Labute approximate surface area is 312 Å². The smallest absolute Gasteiger partial charge is 0.0702 e. The Morgan fingerprint density at radius 3 is 1.30 bits per heavy atom. The summed E-state index contributed by atoms with van der Waals surface area (Å²) in [6.45, 7) is 4.78. The van der Waals surface area contributed by atoms with Gasteiger partial charge in [0, 0.05) is 57.5 Å². The molecular weight excluding hydrogens is 661 g/mol. The zero-order valence-electron chi connectivity index (χ0n) is 29.8. The first-order valence-corrected chi connectivity index (χ1v) is 18.5. The van der Waals surface area contributed by atoms with Gasteiger partial charge >= 0.3 is 0 Å². The standard InChI is InChI=1S/C48H34N6/c1-29-30(2)36-24-42-40-22-32(44-12-4-6-20-52-44)14-16-46(40)54(34-10-8-18-50-28-34)48(42)26-38(36)37-25-47-41(23-35(29)37)39-21-31(43-11-3-5-19-51-43)13-15-45(39)53(47)33-9-7-17-49-27-33/h3-30H,1-2H3. The molecule has 1 aliphatic carbocycles. The predicted molar refractivity (Wildman–Crippen MR) is 219 cm³/mol. The highest BCUT2D eigenvalue weighted by molar-refractivity contribution is 6.14. The Morgan fingerprint density at radius 1 is 0.426 bits per heavy atom. The van der Waals surface area contributed by atoms with E-state index in [-0.39, 0.29) is 0 Å². The summed E-state index contributed by atoms with van der Waals surface area (Å²) < 4.78 is 4.74. The number of nitrogens with zero attached hydrogens (tertiary/aromatic N) is 6. The molecule has 6 heterocycles. The quantitative estimate of drug-likeness (QED) is 0.184. The molecule has 256 valence electrons. The number of pyridine rings is 4. The molecule has 0 radical (unpaired) electrons. The molecule has 11 rings (SSSR count). The topological polar surface area (TPSA) is 61.4 Å². The van der Waals surface area contributed by atoms with Gasteiger partial charge in [-0.25, -0.2) is 0 Å². The lowest BCUT2D eigenvalue weighted by Crippen LogP contribution is -2.13. The summed E-state index contributed by atoms with van der Waals surface area (Å²) in [4.78, 5) is 18.4. The first-order valence-electron chi connectivity index (χ1n) is 18.5. The van der Waals surface area contributed by atoms with Gasteiger partial charge in [0.25, 0.3) is 0 Å². The van der Waals surface area contributed by atoms with Crippen LogP contribution in [0.25, 0.3) is 88.6 Å². The van der Waals surface area contributed by atoms with E-state index in [1.165, 1.54) is 43.8 Å². The summed E-state index contributed by atoms with van der Waals surface area (Å²) >= 11 is 0. The van der Waals surface area contributed by atoms with Crippen molar-refractivity contribution in [2.75, 3.05) is 0 Å². The van der Waals surface area contributed by atoms with Crippen molar-refractivity contribution in [2.24, 2.45) is 0 Å². The van der Waals surface area contributed by atoms with E-state index in [4.69, 9.17) is 0 Å². The third-order valence-corrected chi connectivity index (χ3v) is 11.6. The highest BCUT2D eigenvalue weighted by Crippen LogP contribution is 2.51. The average molecular weight is 695 g/mol. The number of benzene rings is 4. The molecule has 0 saturated carbocycles. The summed E-state index contributed by atoms with van der Waals surface area (Å²) in [6.07, 6.45) is 11.3. The van der Waals surface area contributed by atoms with Crippen LogP contribution in [0.3, 0.4) is 0 Å². The van der Waals surface area contributed by atoms with E-state index in [0.29, 0.717) is 11.8 Å². The first kappa shape index (κ1) is 30.7. The molecule has 6 nitrogen and oxygen atoms in total. The van der Waals surface area contributed by atoms with E-state index in [9.17, 15) is 0 Å². The normalized spacial score (nSPS) is 15.2. The molecule has 6 heteroatoms. The molecule has 4 aromatic carbocycles. The Kier molecular flexibility index (Phi) is 6.71. The van der Waals surface area contributed by atoms with Gasteiger partial charge in [-0.15, -0.1) is 0 Å². The molecule has 6 aromatic heterocycles. The third kappa shape index (κ3) is 4.53. The maximum absolute atomic E-state index is 4.68. The molecule has 2 unspecified atom stereocenters. The van der Waals surface area contributed by atoms with E-state index >= 15 is 0 Å². The molecule has 1 aliphatic rings. The Balaban J connectivity index is 1.21. The van der Waals surface area contributed by atoms with Crippen LogP contribution in [0.15, 0.2) is 159 Å². The fourth-order valence-electron chi connectivity index (χ4n) is 8.84. The molecule has 0 bridgehead atoms. The Morgan fingerprint density at radius 2 is 0.889 bits per heavy atom. The third-order valence-electron chi connectivity index (χ3n) is 11.6. The van der Waals surface area contributed by atoms with Crippen LogP contribution in [0.2, 0.25) is 0 Å². The minimum Gasteiger partial charge on any atom is -0.308 e. The average Bonchev–Trinajstić information content (AvgIpc) is 3.74. The van der Waals surface area contributed by atoms with Gasteiger partial charge in [0.05, 0.1) is 57.2 Å². The Hall–Kier alpha value is -6.92. The summed E-state index contributed by atoms with van der Waals surface area (Å²) in [6, 6.07) is 43.7. The van der Waals surface area contributed by atoms with Crippen LogP contribution in [-0.2, 0) is 0 Å². The molecule has 0 saturated heterocycles. The van der Waals surface area contributed by atoms with E-state index < -0.39 is 0 Å². The number of hydrogen-bond donors (Lipinski definition) is 0. The minimum atomic E-state index is 0.306. The van der Waals surface area contributed by atoms with Gasteiger partial charge in [-0.3, -0.25) is 19.9 Å². The zero-order chi connectivity index (χ0) is 35.9. The van der Waals surface area contributed by atoms with Crippen molar-refractivity contribution in [1.82, 2.24) is 29.1 Å². The lowest BCUT2D eigenvalue weighted by atomic mass is 9.72. The maximum atomic E-state index is 4.68. The summed E-state index contributed by atoms with van der Waals surface area (Å²) in [5.41, 5.74) is 16.1. The van der Waals surface area contributed by atoms with Crippen LogP contribution in [0.4, 0.5) is 0 Å². The monoisotopic (exact) mass is 694 g/mol. The first-order chi connectivity index (χ1) is 26.6. The van der Waals surface area contributed by atoms with Gasteiger partial charge in [0.2, 0.25) is 0 Å². The SMILES string of the molecule is CC1c2cc3c4cc(-c5ccccn5)ccc4n(-c4cccnc4)c3cc2-c2cc3c(cc2C1C)c1cc(-c2ccccn2)ccc1n3-c1cccnc1. The van der Waals surface area contributed by atoms with Crippen molar-refractivity contribution in [3.63, 3.8) is 0 Å². The van der Waals surface area contributed by atoms with Crippen LogP contribution in [-0.4, -0.2) is 29.1 Å². The summed E-state index contributed by atoms with van der Waals surface area (Å²) in [5, 5.41) is 4.89. The second kappa shape index (κ2) is 11.8. The second-order valence-electron chi connectivity index (χ2n) is 14.5. The Bertz CT molecular complexity index is 2850. The van der Waals surface area contributed by atoms with Crippen LogP contribution >= 0.6 is 0 Å². The molecule has 2 atom stereocenters. The zero-order valence-corrected chi connectivity index (χ0v) is 29.8. The van der Waals surface area contributed by atoms with Crippen LogP contribution in [0, 0.1) is 0 Å². The van der Waals surface area contributed by atoms with Gasteiger partial charge in [-0.2, -0.15) is 0 Å². The molecule has 0 N–H and O–H groups in total. The molecule has 0 aliphatic heterocycles. The molecular formula is C48H34N6. The van der Waals surface area contributed by atoms with Crippen molar-refractivity contribution in [3.8, 4) is 45.0 Å². The lowest BCUT2D eigenvalue weighted by Gasteiger charge is -2.32. The molecule has 54 heavy (non-hydrogen) atoms. The van der Waals surface area contributed by atoms with Gasteiger partial charge < -0.3 is 9.13 Å². The number of rotatable bonds is 4. The number of hydrogen-bond acceptors (Lipinski definition) is 4. The van der Waals surface area contributed by atoms with Gasteiger partial charge in [-0.1, -0.05) is 38.1 Å². The molecule has 0 amide bonds. The summed E-state index contributed by atoms with van der Waals surface area (Å²) in [5.74, 6) is 0.613. The highest BCUT2D eigenvalue weighted by Gasteiger charge is 2.31. The molecule has 0 spiro atoms. The van der Waals surface area contributed by atoms with Crippen molar-refractivity contribution in [3.05, 3.63) is 170 Å². The van der Waals surface area contributed by atoms with Crippen LogP contribution in [0.5, 0.6) is 0 Å². The number of fused-ring (bicyclic) bond motifs is 9. The predicted octanol–water partition coefficient (Wildman–Crippen LogP) is 11.7. The van der Waals surface area contributed by atoms with Crippen molar-refractivity contribution >= 4 is 43.6 Å². The molecule has 0 fully saturated rings. The summed E-state index contributed by atoms with van der Waals surface area (Å²) in [7, 11) is 0. The van der Waals surface area contributed by atoms with Crippen LogP contribution < -0.4 is 0 Å². The van der Waals surface area contributed by atoms with Gasteiger partial charge in [-0.05, 0) is 131 Å². The largest absolute Gasteiger partial charge is 0.308 e. The van der Waals surface area contributed by atoms with Crippen LogP contribution in [0.1, 0.15) is 36.8 Å². The van der Waals surface area contributed by atoms with E-state index in [0.717, 1.165) is 56.0 Å².